The number of fused-ring (bicyclic) bond motifs is 1. The third-order valence-electron chi connectivity index (χ3n) is 7.14. The van der Waals surface area contributed by atoms with Gasteiger partial charge in [-0.05, 0) is 42.7 Å². The lowest BCUT2D eigenvalue weighted by Crippen LogP contribution is -2.43. The number of carbonyl (C=O) groups is 1. The Bertz CT molecular complexity index is 1630. The molecule has 2 aliphatic rings. The van der Waals surface area contributed by atoms with Gasteiger partial charge in [0.05, 0.1) is 29.5 Å². The van der Waals surface area contributed by atoms with Crippen LogP contribution in [0.2, 0.25) is 0 Å². The Morgan fingerprint density at radius 3 is 2.45 bits per heavy atom. The molecule has 42 heavy (non-hydrogen) atoms. The molecule has 0 bridgehead atoms. The molecule has 0 unspecified atom stereocenters. The monoisotopic (exact) mass is 592 g/mol. The zero-order valence-electron chi connectivity index (χ0n) is 21.7. The largest absolute Gasteiger partial charge is 0.453 e. The second-order valence-electron chi connectivity index (χ2n) is 10.0. The van der Waals surface area contributed by atoms with E-state index < -0.39 is 47.7 Å². The second-order valence-corrected chi connectivity index (χ2v) is 10.0. The number of hydrogen-bond acceptors (Lipinski definition) is 8. The molecule has 4 heterocycles. The lowest BCUT2D eigenvalue weighted by atomic mass is 9.99. The normalized spacial score (nSPS) is 18.8. The minimum absolute atomic E-state index is 0.173. The fraction of sp³-hybridized carbons (Fsp3) is 0.346. The Kier molecular flexibility index (Phi) is 6.67. The van der Waals surface area contributed by atoms with Gasteiger partial charge in [-0.3, -0.25) is 4.79 Å². The molecule has 1 fully saturated rings. The number of halogens is 6. The molecule has 6 rings (SSSR count). The van der Waals surface area contributed by atoms with Crippen LogP contribution >= 0.6 is 0 Å². The van der Waals surface area contributed by atoms with Crippen LogP contribution in [0.25, 0.3) is 17.1 Å². The Morgan fingerprint density at radius 2 is 1.79 bits per heavy atom. The molecular weight excluding hydrogens is 570 g/mol. The molecule has 2 aromatic heterocycles. The maximum atomic E-state index is 15.3. The summed E-state index contributed by atoms with van der Waals surface area (Å²) in [6.07, 6.45) is -3.02. The van der Waals surface area contributed by atoms with E-state index >= 15 is 13.2 Å². The van der Waals surface area contributed by atoms with Gasteiger partial charge in [0, 0.05) is 25.1 Å². The molecule has 0 aliphatic carbocycles. The zero-order valence-corrected chi connectivity index (χ0v) is 21.7. The molecule has 220 valence electrons. The average Bonchev–Trinajstić information content (AvgIpc) is 3.72. The summed E-state index contributed by atoms with van der Waals surface area (Å²) in [6.45, 7) is 1.11. The van der Waals surface area contributed by atoms with Crippen molar-refractivity contribution in [2.45, 2.75) is 43.9 Å². The highest BCUT2D eigenvalue weighted by Crippen LogP contribution is 2.45. The minimum atomic E-state index is -4.72. The average molecular weight is 593 g/mol. The van der Waals surface area contributed by atoms with Crippen molar-refractivity contribution in [3.8, 4) is 17.1 Å². The molecule has 2 N–H and O–H groups in total. The van der Waals surface area contributed by atoms with Gasteiger partial charge in [0.25, 0.3) is 17.6 Å². The van der Waals surface area contributed by atoms with E-state index in [9.17, 15) is 18.0 Å². The number of benzene rings is 2. The van der Waals surface area contributed by atoms with Crippen molar-refractivity contribution in [1.29, 1.82) is 0 Å². The van der Waals surface area contributed by atoms with Crippen LogP contribution in [0.5, 0.6) is 0 Å². The number of amides is 1. The van der Waals surface area contributed by atoms with Crippen LogP contribution in [0.15, 0.2) is 47.1 Å². The van der Waals surface area contributed by atoms with Crippen LogP contribution < -0.4 is 15.5 Å². The maximum absolute atomic E-state index is 15.3. The molecule has 16 heteroatoms. The van der Waals surface area contributed by atoms with Crippen molar-refractivity contribution in [2.75, 3.05) is 22.9 Å². The van der Waals surface area contributed by atoms with Gasteiger partial charge in [0.2, 0.25) is 5.91 Å². The Labute approximate surface area is 233 Å². The summed E-state index contributed by atoms with van der Waals surface area (Å²) in [5, 5.41) is 11.3. The zero-order chi connectivity index (χ0) is 29.8. The van der Waals surface area contributed by atoms with Crippen molar-refractivity contribution in [3.05, 3.63) is 65.5 Å². The van der Waals surface area contributed by atoms with Gasteiger partial charge >= 0.3 is 12.2 Å². The van der Waals surface area contributed by atoms with Crippen molar-refractivity contribution < 1.29 is 35.6 Å². The summed E-state index contributed by atoms with van der Waals surface area (Å²) in [5.74, 6) is -7.06. The molecule has 1 atom stereocenters. The molecule has 2 aromatic carbocycles. The lowest BCUT2D eigenvalue weighted by Gasteiger charge is -2.25. The first-order valence-corrected chi connectivity index (χ1v) is 12.9. The van der Waals surface area contributed by atoms with E-state index in [2.05, 4.69) is 20.3 Å². The first-order chi connectivity index (χ1) is 19.9. The molecule has 10 nitrogen and oxygen atoms in total. The SMILES string of the molecule is N[C@H]1CC(F)(F)c2cc(F)c(-c3nnc(N4CCCC4)o3)cc2N(Cc2ccc(-n3cnc(C(F)(F)F)n3)cc2)C1=O. The maximum Gasteiger partial charge on any atom is 0.453 e. The van der Waals surface area contributed by atoms with Gasteiger partial charge in [-0.1, -0.05) is 17.2 Å². The summed E-state index contributed by atoms with van der Waals surface area (Å²) < 4.78 is 91.0. The molecule has 0 saturated carbocycles. The quantitative estimate of drug-likeness (QED) is 0.338. The van der Waals surface area contributed by atoms with Crippen molar-refractivity contribution in [3.63, 3.8) is 0 Å². The minimum Gasteiger partial charge on any atom is -0.403 e. The fourth-order valence-corrected chi connectivity index (χ4v) is 5.01. The molecule has 1 saturated heterocycles. The second kappa shape index (κ2) is 10.1. The molecular formula is C26H22F6N8O2. The van der Waals surface area contributed by atoms with Crippen LogP contribution in [0.4, 0.5) is 38.0 Å². The summed E-state index contributed by atoms with van der Waals surface area (Å²) in [5.41, 5.74) is 5.23. The number of carbonyl (C=O) groups excluding carboxylic acids is 1. The van der Waals surface area contributed by atoms with E-state index in [0.29, 0.717) is 24.7 Å². The lowest BCUT2D eigenvalue weighted by molar-refractivity contribution is -0.144. The molecule has 2 aliphatic heterocycles. The predicted molar refractivity (Wildman–Crippen MR) is 135 cm³/mol. The highest BCUT2D eigenvalue weighted by atomic mass is 19.4. The highest BCUT2D eigenvalue weighted by molar-refractivity contribution is 5.99. The molecule has 0 radical (unpaired) electrons. The molecule has 1 amide bonds. The van der Waals surface area contributed by atoms with Crippen molar-refractivity contribution in [2.24, 2.45) is 5.73 Å². The van der Waals surface area contributed by atoms with Gasteiger partial charge in [0.15, 0.2) is 0 Å². The molecule has 4 aromatic rings. The molecule has 0 spiro atoms. The standard InChI is InChI=1S/C26H22F6N8O2/c27-18-10-17-20(9-16(18)21-35-36-24(42-21)38-7-1-2-8-38)39(22(41)19(33)11-25(17,28)29)12-14-3-5-15(6-4-14)40-13-34-23(37-40)26(30,31)32/h3-6,9-10,13,19H,1-2,7-8,11-12,33H2/t19-/m0/s1. The first-order valence-electron chi connectivity index (χ1n) is 12.9. The Hall–Kier alpha value is -4.47. The number of nitrogens with zero attached hydrogens (tertiary/aromatic N) is 7. The van der Waals surface area contributed by atoms with E-state index in [-0.39, 0.29) is 35.4 Å². The van der Waals surface area contributed by atoms with E-state index in [4.69, 9.17) is 10.2 Å². The van der Waals surface area contributed by atoms with Gasteiger partial charge in [-0.25, -0.2) is 22.8 Å². The number of alkyl halides is 5. The van der Waals surface area contributed by atoms with Crippen molar-refractivity contribution >= 4 is 17.6 Å². The van der Waals surface area contributed by atoms with Gasteiger partial charge in [-0.2, -0.15) is 13.2 Å². The number of aromatic nitrogens is 5. The van der Waals surface area contributed by atoms with E-state index in [0.717, 1.165) is 34.8 Å². The number of nitrogens with two attached hydrogens (primary N) is 1. The van der Waals surface area contributed by atoms with Gasteiger partial charge in [-0.15, -0.1) is 10.2 Å². The van der Waals surface area contributed by atoms with Crippen molar-refractivity contribution in [1.82, 2.24) is 25.0 Å². The topological polar surface area (TPSA) is 119 Å². The smallest absolute Gasteiger partial charge is 0.403 e. The van der Waals surface area contributed by atoms with Crippen LogP contribution in [-0.4, -0.2) is 50.0 Å². The fourth-order valence-electron chi connectivity index (χ4n) is 5.01. The summed E-state index contributed by atoms with van der Waals surface area (Å²) in [7, 11) is 0. The van der Waals surface area contributed by atoms with Crippen LogP contribution in [-0.2, 0) is 23.4 Å². The Morgan fingerprint density at radius 1 is 1.07 bits per heavy atom. The van der Waals surface area contributed by atoms with Crippen LogP contribution in [0.3, 0.4) is 0 Å². The van der Waals surface area contributed by atoms with E-state index in [1.807, 2.05) is 4.90 Å². The predicted octanol–water partition coefficient (Wildman–Crippen LogP) is 4.43. The van der Waals surface area contributed by atoms with E-state index in [1.54, 1.807) is 0 Å². The van der Waals surface area contributed by atoms with Gasteiger partial charge < -0.3 is 20.0 Å². The summed E-state index contributed by atoms with van der Waals surface area (Å²) >= 11 is 0. The number of rotatable bonds is 5. The van der Waals surface area contributed by atoms with Crippen LogP contribution in [0.1, 0.15) is 36.2 Å². The first kappa shape index (κ1) is 27.7. The van der Waals surface area contributed by atoms with Crippen LogP contribution in [0, 0.1) is 5.82 Å². The summed E-state index contributed by atoms with van der Waals surface area (Å²) in [4.78, 5) is 19.4. The number of anilines is 2. The number of hydrogen-bond donors (Lipinski definition) is 1. The third-order valence-corrected chi connectivity index (χ3v) is 7.14. The Balaban J connectivity index is 1.35. The third kappa shape index (κ3) is 5.06. The highest BCUT2D eigenvalue weighted by Gasteiger charge is 2.45. The van der Waals surface area contributed by atoms with E-state index in [1.165, 1.54) is 24.3 Å². The summed E-state index contributed by atoms with van der Waals surface area (Å²) in [6, 6.07) is 6.11. The van der Waals surface area contributed by atoms with Gasteiger partial charge in [0.1, 0.15) is 12.1 Å².